The number of phenols is 1. The van der Waals surface area contributed by atoms with Crippen molar-refractivity contribution in [2.45, 2.75) is 6.18 Å². The van der Waals surface area contributed by atoms with Crippen LogP contribution in [0.3, 0.4) is 0 Å². The zero-order valence-electron chi connectivity index (χ0n) is 8.73. The predicted octanol–water partition coefficient (Wildman–Crippen LogP) is 4.98. The zero-order chi connectivity index (χ0) is 14.4. The van der Waals surface area contributed by atoms with E-state index in [2.05, 4.69) is 4.37 Å². The number of halogens is 6. The Morgan fingerprint density at radius 1 is 1.21 bits per heavy atom. The number of benzene rings is 1. The molecule has 0 unspecified atom stereocenters. The average Bonchev–Trinajstić information content (AvgIpc) is 2.65. The van der Waals surface area contributed by atoms with Gasteiger partial charge in [-0.3, -0.25) is 0 Å². The molecule has 0 aliphatic heterocycles. The molecule has 0 fully saturated rings. The lowest BCUT2D eigenvalue weighted by Gasteiger charge is -2.05. The number of alkyl halides is 3. The number of aromatic nitrogens is 1. The van der Waals surface area contributed by atoms with Crippen LogP contribution in [0.2, 0.25) is 10.0 Å². The van der Waals surface area contributed by atoms with Gasteiger partial charge in [-0.1, -0.05) is 23.2 Å². The second kappa shape index (κ2) is 4.81. The van der Waals surface area contributed by atoms with E-state index in [9.17, 15) is 22.7 Å². The van der Waals surface area contributed by atoms with E-state index < -0.39 is 27.6 Å². The van der Waals surface area contributed by atoms with Crippen molar-refractivity contribution in [3.63, 3.8) is 0 Å². The van der Waals surface area contributed by atoms with Crippen molar-refractivity contribution in [3.8, 4) is 17.0 Å². The van der Waals surface area contributed by atoms with Crippen LogP contribution >= 0.6 is 34.7 Å². The van der Waals surface area contributed by atoms with Gasteiger partial charge in [-0.2, -0.15) is 17.5 Å². The first-order chi connectivity index (χ1) is 8.71. The van der Waals surface area contributed by atoms with E-state index in [1.54, 1.807) is 0 Å². The van der Waals surface area contributed by atoms with E-state index in [4.69, 9.17) is 23.2 Å². The molecule has 2 rings (SSSR count). The van der Waals surface area contributed by atoms with Crippen LogP contribution in [0.15, 0.2) is 12.1 Å². The fourth-order valence-corrected chi connectivity index (χ4v) is 2.55. The standard InChI is InChI=1S/C10H3Cl2F4NOS/c11-4-2-5(13)3(1-6(4)18)8-7(12)9(19-17-8)10(14,15)16/h1-2,18H. The number of hydrogen-bond donors (Lipinski definition) is 1. The van der Waals surface area contributed by atoms with Crippen molar-refractivity contribution in [1.29, 1.82) is 0 Å². The molecule has 2 nitrogen and oxygen atoms in total. The molecule has 1 heterocycles. The highest BCUT2D eigenvalue weighted by Crippen LogP contribution is 2.44. The van der Waals surface area contributed by atoms with Gasteiger partial charge in [-0.05, 0) is 23.7 Å². The molecule has 1 aromatic heterocycles. The highest BCUT2D eigenvalue weighted by Gasteiger charge is 2.37. The summed E-state index contributed by atoms with van der Waals surface area (Å²) >= 11 is 11.1. The molecule has 0 spiro atoms. The molecule has 102 valence electrons. The van der Waals surface area contributed by atoms with Gasteiger partial charge in [0.1, 0.15) is 22.1 Å². The number of nitrogens with zero attached hydrogens (tertiary/aromatic N) is 1. The van der Waals surface area contributed by atoms with Crippen LogP contribution in [-0.2, 0) is 6.18 Å². The van der Waals surface area contributed by atoms with Crippen LogP contribution in [0.25, 0.3) is 11.3 Å². The highest BCUT2D eigenvalue weighted by molar-refractivity contribution is 7.06. The van der Waals surface area contributed by atoms with E-state index in [-0.39, 0.29) is 27.8 Å². The maximum Gasteiger partial charge on any atom is 0.428 e. The summed E-state index contributed by atoms with van der Waals surface area (Å²) in [6, 6.07) is 1.65. The van der Waals surface area contributed by atoms with Crippen molar-refractivity contribution in [3.05, 3.63) is 32.9 Å². The maximum atomic E-state index is 13.6. The van der Waals surface area contributed by atoms with Gasteiger partial charge in [0.05, 0.1) is 10.0 Å². The minimum atomic E-state index is -4.67. The summed E-state index contributed by atoms with van der Waals surface area (Å²) in [5, 5.41) is 8.38. The summed E-state index contributed by atoms with van der Waals surface area (Å²) in [6.07, 6.45) is -4.67. The van der Waals surface area contributed by atoms with E-state index >= 15 is 0 Å². The molecule has 0 atom stereocenters. The molecule has 1 N–H and O–H groups in total. The lowest BCUT2D eigenvalue weighted by atomic mass is 10.1. The van der Waals surface area contributed by atoms with Gasteiger partial charge in [0.15, 0.2) is 0 Å². The van der Waals surface area contributed by atoms with Gasteiger partial charge in [0.25, 0.3) is 0 Å². The summed E-state index contributed by atoms with van der Waals surface area (Å²) in [6.45, 7) is 0. The van der Waals surface area contributed by atoms with Gasteiger partial charge >= 0.3 is 6.18 Å². The second-order valence-electron chi connectivity index (χ2n) is 3.46. The quantitative estimate of drug-likeness (QED) is 0.747. The van der Waals surface area contributed by atoms with Crippen molar-refractivity contribution >= 4 is 34.7 Å². The van der Waals surface area contributed by atoms with Gasteiger partial charge in [-0.25, -0.2) is 4.39 Å². The second-order valence-corrected chi connectivity index (χ2v) is 5.01. The highest BCUT2D eigenvalue weighted by atomic mass is 35.5. The van der Waals surface area contributed by atoms with Crippen LogP contribution in [-0.4, -0.2) is 9.48 Å². The van der Waals surface area contributed by atoms with Gasteiger partial charge < -0.3 is 5.11 Å². The molecule has 0 saturated carbocycles. The SMILES string of the molecule is Oc1cc(-c2nsc(C(F)(F)F)c2Cl)c(F)cc1Cl. The number of phenolic OH excluding ortho intramolecular Hbond substituents is 1. The fraction of sp³-hybridized carbons (Fsp3) is 0.100. The molecular formula is C10H3Cl2F4NOS. The Labute approximate surface area is 118 Å². The largest absolute Gasteiger partial charge is 0.506 e. The molecule has 1 aromatic carbocycles. The lowest BCUT2D eigenvalue weighted by molar-refractivity contribution is -0.134. The van der Waals surface area contributed by atoms with Crippen LogP contribution in [0.5, 0.6) is 5.75 Å². The first-order valence-electron chi connectivity index (χ1n) is 4.62. The van der Waals surface area contributed by atoms with E-state index in [1.807, 2.05) is 0 Å². The molecular weight excluding hydrogens is 329 g/mol. The minimum Gasteiger partial charge on any atom is -0.506 e. The van der Waals surface area contributed by atoms with Gasteiger partial charge in [0.2, 0.25) is 0 Å². The van der Waals surface area contributed by atoms with Crippen molar-refractivity contribution in [2.24, 2.45) is 0 Å². The van der Waals surface area contributed by atoms with Crippen molar-refractivity contribution in [2.75, 3.05) is 0 Å². The topological polar surface area (TPSA) is 33.1 Å². The predicted molar refractivity (Wildman–Crippen MR) is 64.2 cm³/mol. The molecule has 0 aliphatic carbocycles. The van der Waals surface area contributed by atoms with E-state index in [0.717, 1.165) is 12.1 Å². The normalized spacial score (nSPS) is 11.9. The number of hydrogen-bond acceptors (Lipinski definition) is 3. The fourth-order valence-electron chi connectivity index (χ4n) is 1.34. The molecule has 0 amide bonds. The Bertz CT molecular complexity index is 641. The molecule has 19 heavy (non-hydrogen) atoms. The van der Waals surface area contributed by atoms with Crippen LogP contribution in [0.1, 0.15) is 4.88 Å². The lowest BCUT2D eigenvalue weighted by Crippen LogP contribution is -2.02. The smallest absolute Gasteiger partial charge is 0.428 e. The number of aromatic hydroxyl groups is 1. The summed E-state index contributed by atoms with van der Waals surface area (Å²) in [4.78, 5) is -1.13. The summed E-state index contributed by atoms with van der Waals surface area (Å²) in [5.74, 6) is -1.40. The maximum absolute atomic E-state index is 13.6. The summed E-state index contributed by atoms with van der Waals surface area (Å²) < 4.78 is 54.7. The Morgan fingerprint density at radius 2 is 1.84 bits per heavy atom. The van der Waals surface area contributed by atoms with Crippen LogP contribution < -0.4 is 0 Å². The van der Waals surface area contributed by atoms with E-state index in [1.165, 1.54) is 0 Å². The summed E-state index contributed by atoms with van der Waals surface area (Å²) in [5.41, 5.74) is -0.734. The Hall–Kier alpha value is -1.05. The van der Waals surface area contributed by atoms with Gasteiger partial charge in [0, 0.05) is 5.56 Å². The summed E-state index contributed by atoms with van der Waals surface area (Å²) in [7, 11) is 0. The molecule has 0 bridgehead atoms. The molecule has 2 aromatic rings. The Morgan fingerprint density at radius 3 is 2.37 bits per heavy atom. The molecule has 0 saturated heterocycles. The monoisotopic (exact) mass is 331 g/mol. The first kappa shape index (κ1) is 14.4. The van der Waals surface area contributed by atoms with Crippen molar-refractivity contribution in [1.82, 2.24) is 4.37 Å². The van der Waals surface area contributed by atoms with Crippen LogP contribution in [0, 0.1) is 5.82 Å². The first-order valence-corrected chi connectivity index (χ1v) is 6.15. The van der Waals surface area contributed by atoms with Gasteiger partial charge in [-0.15, -0.1) is 0 Å². The molecule has 9 heteroatoms. The third-order valence-electron chi connectivity index (χ3n) is 2.18. The molecule has 0 aliphatic rings. The Balaban J connectivity index is 2.61. The molecule has 0 radical (unpaired) electrons. The zero-order valence-corrected chi connectivity index (χ0v) is 11.1. The Kier molecular flexibility index (Phi) is 3.63. The average molecular weight is 332 g/mol. The van der Waals surface area contributed by atoms with Crippen molar-refractivity contribution < 1.29 is 22.7 Å². The third-order valence-corrected chi connectivity index (χ3v) is 3.86. The third kappa shape index (κ3) is 2.63. The van der Waals surface area contributed by atoms with E-state index in [0.29, 0.717) is 0 Å². The number of rotatable bonds is 1. The minimum absolute atomic E-state index is 0.108. The van der Waals surface area contributed by atoms with Crippen LogP contribution in [0.4, 0.5) is 17.6 Å².